The van der Waals surface area contributed by atoms with Gasteiger partial charge in [0.2, 0.25) is 5.91 Å². The Kier molecular flexibility index (Phi) is 3.48. The molecule has 2 aromatic rings. The van der Waals surface area contributed by atoms with Crippen LogP contribution in [0.1, 0.15) is 39.1 Å². The van der Waals surface area contributed by atoms with Crippen LogP contribution >= 0.6 is 0 Å². The Morgan fingerprint density at radius 3 is 2.62 bits per heavy atom. The smallest absolute Gasteiger partial charge is 0.269 e. The zero-order valence-electron chi connectivity index (χ0n) is 13.7. The molecular weight excluding hydrogens is 356 g/mol. The predicted molar refractivity (Wildman–Crippen MR) is 92.5 cm³/mol. The van der Waals surface area contributed by atoms with Gasteiger partial charge in [-0.3, -0.25) is 14.4 Å². The average Bonchev–Trinajstić information content (AvgIpc) is 3.01. The molecule has 2 aliphatic heterocycles. The maximum atomic E-state index is 12.6. The largest absolute Gasteiger partial charge is 0.325 e. The first-order chi connectivity index (χ1) is 12.3. The topological polar surface area (TPSA) is 101 Å². The Morgan fingerprint density at radius 2 is 1.88 bits per heavy atom. The van der Waals surface area contributed by atoms with Crippen LogP contribution in [0.2, 0.25) is 0 Å². The van der Waals surface area contributed by atoms with Crippen LogP contribution in [0, 0.1) is 0 Å². The molecule has 0 fully saturated rings. The summed E-state index contributed by atoms with van der Waals surface area (Å²) in [5.74, 6) is -1.76. The van der Waals surface area contributed by atoms with E-state index >= 15 is 0 Å². The summed E-state index contributed by atoms with van der Waals surface area (Å²) in [6.45, 7) is 1.14. The summed E-state index contributed by atoms with van der Waals surface area (Å²) >= 11 is 0. The summed E-state index contributed by atoms with van der Waals surface area (Å²) in [5.41, 5.74) is 1.64. The number of nitrogens with zero attached hydrogens (tertiary/aromatic N) is 1. The van der Waals surface area contributed by atoms with E-state index in [0.29, 0.717) is 15.6 Å². The number of carbonyl (C=O) groups excluding carboxylic acids is 3. The van der Waals surface area contributed by atoms with Gasteiger partial charge in [-0.15, -0.1) is 0 Å². The van der Waals surface area contributed by atoms with Crippen LogP contribution in [0.25, 0.3) is 0 Å². The second-order valence-corrected chi connectivity index (χ2v) is 8.08. The van der Waals surface area contributed by atoms with Gasteiger partial charge in [0.1, 0.15) is 11.4 Å². The highest BCUT2D eigenvalue weighted by molar-refractivity contribution is 7.90. The third-order valence-electron chi connectivity index (χ3n) is 4.69. The van der Waals surface area contributed by atoms with E-state index < -0.39 is 28.3 Å². The second-order valence-electron chi connectivity index (χ2n) is 6.25. The number of sulfonamides is 1. The number of hydrogen-bond donors (Lipinski definition) is 1. The summed E-state index contributed by atoms with van der Waals surface area (Å²) in [7, 11) is -4.03. The highest BCUT2D eigenvalue weighted by Crippen LogP contribution is 2.33. The fourth-order valence-electron chi connectivity index (χ4n) is 3.20. The molecule has 2 aliphatic rings. The third-order valence-corrected chi connectivity index (χ3v) is 6.48. The number of ketones is 1. The van der Waals surface area contributed by atoms with Crippen LogP contribution in [0.3, 0.4) is 0 Å². The van der Waals surface area contributed by atoms with Gasteiger partial charge < -0.3 is 5.32 Å². The van der Waals surface area contributed by atoms with Gasteiger partial charge in [-0.05, 0) is 42.8 Å². The van der Waals surface area contributed by atoms with Crippen molar-refractivity contribution in [1.82, 2.24) is 4.31 Å². The van der Waals surface area contributed by atoms with Gasteiger partial charge in [-0.1, -0.05) is 12.1 Å². The lowest BCUT2D eigenvalue weighted by molar-refractivity contribution is -0.116. The minimum atomic E-state index is -4.03. The quantitative estimate of drug-likeness (QED) is 0.830. The summed E-state index contributed by atoms with van der Waals surface area (Å²) in [6, 6.07) is 10.6. The Balaban J connectivity index is 1.64. The molecule has 0 radical (unpaired) electrons. The van der Waals surface area contributed by atoms with E-state index in [9.17, 15) is 22.8 Å². The summed E-state index contributed by atoms with van der Waals surface area (Å²) in [4.78, 5) is 36.6. The van der Waals surface area contributed by atoms with Crippen LogP contribution in [0.5, 0.6) is 0 Å². The van der Waals surface area contributed by atoms with Crippen molar-refractivity contribution < 1.29 is 22.8 Å². The summed E-state index contributed by atoms with van der Waals surface area (Å²) in [6.07, 6.45) is 0. The van der Waals surface area contributed by atoms with Crippen molar-refractivity contribution in [1.29, 1.82) is 0 Å². The van der Waals surface area contributed by atoms with Crippen molar-refractivity contribution >= 4 is 33.3 Å². The molecule has 8 heteroatoms. The molecule has 1 N–H and O–H groups in total. The van der Waals surface area contributed by atoms with E-state index in [0.717, 1.165) is 0 Å². The summed E-state index contributed by atoms with van der Waals surface area (Å²) < 4.78 is 25.7. The SMILES string of the molecule is C[C@H]1C(=O)Nc2ccc(C(=O)CN3C(=O)c4ccccc4S3(=O)=O)cc21. The summed E-state index contributed by atoms with van der Waals surface area (Å²) in [5, 5.41) is 2.71. The van der Waals surface area contributed by atoms with E-state index in [2.05, 4.69) is 5.32 Å². The molecule has 0 bridgehead atoms. The molecule has 0 saturated heterocycles. The van der Waals surface area contributed by atoms with Crippen molar-refractivity contribution in [2.45, 2.75) is 17.7 Å². The maximum Gasteiger partial charge on any atom is 0.269 e. The Morgan fingerprint density at radius 1 is 1.15 bits per heavy atom. The highest BCUT2D eigenvalue weighted by atomic mass is 32.2. The zero-order chi connectivity index (χ0) is 18.6. The monoisotopic (exact) mass is 370 g/mol. The lowest BCUT2D eigenvalue weighted by Gasteiger charge is -2.14. The number of fused-ring (bicyclic) bond motifs is 2. The lowest BCUT2D eigenvalue weighted by atomic mass is 9.99. The van der Waals surface area contributed by atoms with Gasteiger partial charge in [0, 0.05) is 11.3 Å². The van der Waals surface area contributed by atoms with E-state index in [-0.39, 0.29) is 27.8 Å². The number of Topliss-reactive ketones (excluding diaryl/α,β-unsaturated/α-hetero) is 1. The second kappa shape index (κ2) is 5.50. The van der Waals surface area contributed by atoms with Crippen LogP contribution in [0.4, 0.5) is 5.69 Å². The number of hydrogen-bond acceptors (Lipinski definition) is 5. The molecule has 2 heterocycles. The first-order valence-corrected chi connectivity index (χ1v) is 9.39. The molecule has 1 atom stereocenters. The molecule has 0 saturated carbocycles. The van der Waals surface area contributed by atoms with Gasteiger partial charge >= 0.3 is 0 Å². The third kappa shape index (κ3) is 2.26. The molecule has 4 rings (SSSR count). The number of rotatable bonds is 3. The first-order valence-electron chi connectivity index (χ1n) is 7.95. The van der Waals surface area contributed by atoms with E-state index in [1.165, 1.54) is 24.3 Å². The zero-order valence-corrected chi connectivity index (χ0v) is 14.5. The molecule has 2 aromatic carbocycles. The molecule has 0 aliphatic carbocycles. The van der Waals surface area contributed by atoms with Crippen molar-refractivity contribution in [3.05, 3.63) is 59.2 Å². The molecular formula is C18H14N2O5S. The van der Waals surface area contributed by atoms with E-state index in [1.807, 2.05) is 0 Å². The Labute approximate surface area is 149 Å². The van der Waals surface area contributed by atoms with Crippen LogP contribution < -0.4 is 5.32 Å². The first kappa shape index (κ1) is 16.5. The van der Waals surface area contributed by atoms with Crippen LogP contribution in [-0.4, -0.2) is 36.9 Å². The normalized spacial score (nSPS) is 19.9. The van der Waals surface area contributed by atoms with E-state index in [1.54, 1.807) is 25.1 Å². The van der Waals surface area contributed by atoms with Gasteiger partial charge in [-0.2, -0.15) is 0 Å². The van der Waals surface area contributed by atoms with Crippen molar-refractivity contribution in [3.63, 3.8) is 0 Å². The average molecular weight is 370 g/mol. The molecule has 0 unspecified atom stereocenters. The predicted octanol–water partition coefficient (Wildman–Crippen LogP) is 1.77. The maximum absolute atomic E-state index is 12.6. The minimum Gasteiger partial charge on any atom is -0.325 e. The molecule has 0 aromatic heterocycles. The number of nitrogens with one attached hydrogen (secondary N) is 1. The molecule has 0 spiro atoms. The molecule has 2 amide bonds. The fraction of sp³-hybridized carbons (Fsp3) is 0.167. The number of anilines is 1. The standard InChI is InChI=1S/C18H14N2O5S/c1-10-13-8-11(6-7-14(13)19-17(10)22)15(21)9-20-18(23)12-4-2-3-5-16(12)26(20,24)25/h2-8,10H,9H2,1H3,(H,19,22)/t10-/m1/s1. The minimum absolute atomic E-state index is 0.0673. The molecule has 7 nitrogen and oxygen atoms in total. The number of carbonyl (C=O) groups is 3. The number of benzene rings is 2. The Bertz CT molecular complexity index is 1090. The molecule has 26 heavy (non-hydrogen) atoms. The van der Waals surface area contributed by atoms with Crippen LogP contribution in [-0.2, 0) is 14.8 Å². The van der Waals surface area contributed by atoms with Gasteiger partial charge in [0.15, 0.2) is 5.78 Å². The van der Waals surface area contributed by atoms with Gasteiger partial charge in [0.25, 0.3) is 15.9 Å². The van der Waals surface area contributed by atoms with Crippen molar-refractivity contribution in [2.24, 2.45) is 0 Å². The highest BCUT2D eigenvalue weighted by Gasteiger charge is 2.42. The van der Waals surface area contributed by atoms with Gasteiger partial charge in [0.05, 0.1) is 11.5 Å². The van der Waals surface area contributed by atoms with Crippen molar-refractivity contribution in [3.8, 4) is 0 Å². The fourth-order valence-corrected chi connectivity index (χ4v) is 4.72. The van der Waals surface area contributed by atoms with Gasteiger partial charge in [-0.25, -0.2) is 12.7 Å². The molecule has 132 valence electrons. The number of amides is 2. The van der Waals surface area contributed by atoms with Crippen LogP contribution in [0.15, 0.2) is 47.4 Å². The lowest BCUT2D eigenvalue weighted by Crippen LogP contribution is -2.35. The van der Waals surface area contributed by atoms with Crippen molar-refractivity contribution in [2.75, 3.05) is 11.9 Å². The van der Waals surface area contributed by atoms with E-state index in [4.69, 9.17) is 0 Å². The Hall–Kier alpha value is -3.00.